The highest BCUT2D eigenvalue weighted by atomic mass is 15.0. The van der Waals surface area contributed by atoms with Gasteiger partial charge in [0, 0.05) is 0 Å². The Balaban J connectivity index is 3.41. The SMILES string of the molecule is [C-]#[N+]c1c(C)nc(N)nc1C(C)C. The summed E-state index contributed by atoms with van der Waals surface area (Å²) in [6.45, 7) is 12.7. The third kappa shape index (κ3) is 1.75. The molecule has 0 saturated heterocycles. The van der Waals surface area contributed by atoms with Gasteiger partial charge in [-0.3, -0.25) is 0 Å². The van der Waals surface area contributed by atoms with E-state index in [2.05, 4.69) is 14.8 Å². The fourth-order valence-corrected chi connectivity index (χ4v) is 1.15. The Hall–Kier alpha value is -1.63. The van der Waals surface area contributed by atoms with Gasteiger partial charge in [-0.15, -0.1) is 0 Å². The summed E-state index contributed by atoms with van der Waals surface area (Å²) < 4.78 is 0. The van der Waals surface area contributed by atoms with E-state index in [1.54, 1.807) is 6.92 Å². The van der Waals surface area contributed by atoms with Crippen molar-refractivity contribution in [1.29, 1.82) is 0 Å². The largest absolute Gasteiger partial charge is 0.368 e. The molecule has 1 aromatic rings. The second kappa shape index (κ2) is 3.40. The number of rotatable bonds is 1. The first kappa shape index (κ1) is 9.46. The zero-order valence-corrected chi connectivity index (χ0v) is 8.00. The minimum Gasteiger partial charge on any atom is -0.368 e. The molecule has 4 heteroatoms. The maximum atomic E-state index is 6.99. The van der Waals surface area contributed by atoms with Crippen molar-refractivity contribution in [3.05, 3.63) is 22.8 Å². The smallest absolute Gasteiger partial charge is 0.229 e. The van der Waals surface area contributed by atoms with Gasteiger partial charge in [-0.05, 0) is 12.8 Å². The zero-order chi connectivity index (χ0) is 10.0. The Morgan fingerprint density at radius 3 is 2.46 bits per heavy atom. The molecule has 0 saturated carbocycles. The summed E-state index contributed by atoms with van der Waals surface area (Å²) in [5.41, 5.74) is 7.42. The van der Waals surface area contributed by atoms with Crippen LogP contribution < -0.4 is 5.73 Å². The number of hydrogen-bond acceptors (Lipinski definition) is 3. The Labute approximate surface area is 77.6 Å². The standard InChI is InChI=1S/C9H12N4/c1-5(2)7-8(11-4)6(3)12-9(10)13-7/h5H,1-3H3,(H2,10,12,13). The van der Waals surface area contributed by atoms with Crippen molar-refractivity contribution in [3.63, 3.8) is 0 Å². The van der Waals surface area contributed by atoms with Gasteiger partial charge < -0.3 is 5.73 Å². The van der Waals surface area contributed by atoms with Crippen molar-refractivity contribution < 1.29 is 0 Å². The second-order valence-electron chi connectivity index (χ2n) is 3.17. The second-order valence-corrected chi connectivity index (χ2v) is 3.17. The molecule has 0 aliphatic heterocycles. The summed E-state index contributed by atoms with van der Waals surface area (Å²) in [5.74, 6) is 0.446. The lowest BCUT2D eigenvalue weighted by molar-refractivity contribution is 0.819. The topological polar surface area (TPSA) is 56.2 Å². The van der Waals surface area contributed by atoms with E-state index < -0.39 is 0 Å². The van der Waals surface area contributed by atoms with Gasteiger partial charge in [0.25, 0.3) is 0 Å². The van der Waals surface area contributed by atoms with Crippen LogP contribution in [0.1, 0.15) is 31.2 Å². The fourth-order valence-electron chi connectivity index (χ4n) is 1.15. The van der Waals surface area contributed by atoms with Crippen LogP contribution in [0.15, 0.2) is 0 Å². The summed E-state index contributed by atoms with van der Waals surface area (Å²) in [7, 11) is 0. The number of aryl methyl sites for hydroxylation is 1. The van der Waals surface area contributed by atoms with Crippen LogP contribution in [0, 0.1) is 13.5 Å². The lowest BCUT2D eigenvalue weighted by Crippen LogP contribution is -2.02. The minimum atomic E-state index is 0.202. The molecule has 0 spiro atoms. The highest BCUT2D eigenvalue weighted by molar-refractivity contribution is 5.55. The summed E-state index contributed by atoms with van der Waals surface area (Å²) in [6.07, 6.45) is 0. The van der Waals surface area contributed by atoms with Crippen LogP contribution >= 0.6 is 0 Å². The highest BCUT2D eigenvalue weighted by Gasteiger charge is 2.12. The maximum absolute atomic E-state index is 6.99. The number of nitrogens with zero attached hydrogens (tertiary/aromatic N) is 3. The Morgan fingerprint density at radius 2 is 2.00 bits per heavy atom. The van der Waals surface area contributed by atoms with Crippen molar-refractivity contribution in [1.82, 2.24) is 9.97 Å². The Bertz CT molecular complexity index is 363. The molecule has 0 radical (unpaired) electrons. The van der Waals surface area contributed by atoms with Crippen molar-refractivity contribution in [2.45, 2.75) is 26.7 Å². The molecule has 0 aliphatic carbocycles. The maximum Gasteiger partial charge on any atom is 0.229 e. The lowest BCUT2D eigenvalue weighted by Gasteiger charge is -2.08. The predicted molar refractivity (Wildman–Crippen MR) is 51.5 cm³/mol. The van der Waals surface area contributed by atoms with Crippen molar-refractivity contribution in [2.24, 2.45) is 0 Å². The molecule has 0 atom stereocenters. The molecule has 68 valence electrons. The van der Waals surface area contributed by atoms with Crippen molar-refractivity contribution in [3.8, 4) is 0 Å². The van der Waals surface area contributed by atoms with Crippen LogP contribution in [0.3, 0.4) is 0 Å². The van der Waals surface area contributed by atoms with Gasteiger partial charge in [-0.2, -0.15) is 0 Å². The van der Waals surface area contributed by atoms with E-state index in [9.17, 15) is 0 Å². The molecule has 0 aliphatic rings. The number of nitrogen functional groups attached to an aromatic ring is 1. The van der Waals surface area contributed by atoms with Gasteiger partial charge in [0.2, 0.25) is 11.6 Å². The summed E-state index contributed by atoms with van der Waals surface area (Å²) >= 11 is 0. The van der Waals surface area contributed by atoms with Crippen LogP contribution in [-0.4, -0.2) is 9.97 Å². The molecular formula is C9H12N4. The van der Waals surface area contributed by atoms with Crippen molar-refractivity contribution in [2.75, 3.05) is 5.73 Å². The summed E-state index contributed by atoms with van der Waals surface area (Å²) in [6, 6.07) is 0. The third-order valence-corrected chi connectivity index (χ3v) is 1.76. The average molecular weight is 176 g/mol. The number of hydrogen-bond donors (Lipinski definition) is 1. The van der Waals surface area contributed by atoms with Gasteiger partial charge in [-0.1, -0.05) is 13.8 Å². The Kier molecular flexibility index (Phi) is 2.47. The van der Waals surface area contributed by atoms with E-state index in [-0.39, 0.29) is 11.9 Å². The fraction of sp³-hybridized carbons (Fsp3) is 0.444. The van der Waals surface area contributed by atoms with E-state index in [4.69, 9.17) is 12.3 Å². The molecule has 1 rings (SSSR count). The predicted octanol–water partition coefficient (Wildman–Crippen LogP) is 2.04. The summed E-state index contributed by atoms with van der Waals surface area (Å²) in [4.78, 5) is 11.4. The van der Waals surface area contributed by atoms with Crippen LogP contribution in [0.2, 0.25) is 0 Å². The summed E-state index contributed by atoms with van der Waals surface area (Å²) in [5, 5.41) is 0. The lowest BCUT2D eigenvalue weighted by atomic mass is 10.1. The monoisotopic (exact) mass is 176 g/mol. The highest BCUT2D eigenvalue weighted by Crippen LogP contribution is 2.27. The number of nitrogens with two attached hydrogens (primary N) is 1. The molecule has 2 N–H and O–H groups in total. The molecule has 0 unspecified atom stereocenters. The van der Waals surface area contributed by atoms with E-state index in [1.165, 1.54) is 0 Å². The molecule has 0 amide bonds. The Morgan fingerprint density at radius 1 is 1.38 bits per heavy atom. The molecule has 13 heavy (non-hydrogen) atoms. The van der Waals surface area contributed by atoms with Gasteiger partial charge >= 0.3 is 0 Å². The number of anilines is 1. The number of aromatic nitrogens is 2. The zero-order valence-electron chi connectivity index (χ0n) is 8.00. The molecule has 1 aromatic heterocycles. The van der Waals surface area contributed by atoms with Crippen LogP contribution in [0.4, 0.5) is 11.6 Å². The molecule has 1 heterocycles. The van der Waals surface area contributed by atoms with Crippen LogP contribution in [-0.2, 0) is 0 Å². The molecule has 0 aromatic carbocycles. The third-order valence-electron chi connectivity index (χ3n) is 1.76. The van der Waals surface area contributed by atoms with Gasteiger partial charge in [-0.25, -0.2) is 14.8 Å². The van der Waals surface area contributed by atoms with E-state index in [0.717, 1.165) is 5.69 Å². The van der Waals surface area contributed by atoms with Gasteiger partial charge in [0.1, 0.15) is 0 Å². The van der Waals surface area contributed by atoms with Crippen LogP contribution in [0.25, 0.3) is 4.85 Å². The molecule has 4 nitrogen and oxygen atoms in total. The molecule has 0 fully saturated rings. The first-order valence-electron chi connectivity index (χ1n) is 4.07. The van der Waals surface area contributed by atoms with E-state index >= 15 is 0 Å². The first-order valence-corrected chi connectivity index (χ1v) is 4.07. The van der Waals surface area contributed by atoms with E-state index in [0.29, 0.717) is 11.4 Å². The average Bonchev–Trinajstić information content (AvgIpc) is 2.02. The minimum absolute atomic E-state index is 0.202. The van der Waals surface area contributed by atoms with E-state index in [1.807, 2.05) is 13.8 Å². The van der Waals surface area contributed by atoms with Crippen LogP contribution in [0.5, 0.6) is 0 Å². The van der Waals surface area contributed by atoms with Crippen molar-refractivity contribution >= 4 is 11.6 Å². The first-order chi connectivity index (χ1) is 6.06. The normalized spacial score (nSPS) is 10.1. The van der Waals surface area contributed by atoms with Gasteiger partial charge in [0.15, 0.2) is 0 Å². The quantitative estimate of drug-likeness (QED) is 0.666. The van der Waals surface area contributed by atoms with Gasteiger partial charge in [0.05, 0.1) is 18.0 Å². The molecular weight excluding hydrogens is 164 g/mol. The molecule has 0 bridgehead atoms.